The zero-order valence-electron chi connectivity index (χ0n) is 9.89. The Kier molecular flexibility index (Phi) is 3.53. The molecule has 0 spiro atoms. The summed E-state index contributed by atoms with van der Waals surface area (Å²) in [6, 6.07) is 0.212. The maximum absolute atomic E-state index is 11.0. The van der Waals surface area contributed by atoms with Crippen molar-refractivity contribution in [3.63, 3.8) is 0 Å². The number of hydrogen-bond donors (Lipinski definition) is 2. The van der Waals surface area contributed by atoms with E-state index in [9.17, 15) is 4.79 Å². The Balaban J connectivity index is 1.97. The van der Waals surface area contributed by atoms with E-state index in [0.29, 0.717) is 6.54 Å². The van der Waals surface area contributed by atoms with E-state index in [1.807, 2.05) is 0 Å². The first-order valence-electron chi connectivity index (χ1n) is 5.72. The average Bonchev–Trinajstić information content (AvgIpc) is 2.77. The Morgan fingerprint density at radius 2 is 2.41 bits per heavy atom. The molecule has 0 saturated carbocycles. The summed E-state index contributed by atoms with van der Waals surface area (Å²) >= 11 is 0. The molecule has 0 aromatic carbocycles. The Morgan fingerprint density at radius 1 is 1.59 bits per heavy atom. The van der Waals surface area contributed by atoms with E-state index in [4.69, 9.17) is 5.73 Å². The lowest BCUT2D eigenvalue weighted by Gasteiger charge is -2.17. The molecule has 1 unspecified atom stereocenters. The smallest absolute Gasteiger partial charge is 0.217 e. The molecular weight excluding hydrogens is 218 g/mol. The van der Waals surface area contributed by atoms with Crippen LogP contribution in [0.2, 0.25) is 0 Å². The van der Waals surface area contributed by atoms with Gasteiger partial charge in [-0.3, -0.25) is 9.78 Å². The third-order valence-corrected chi connectivity index (χ3v) is 2.82. The molecular formula is C11H17N5O. The van der Waals surface area contributed by atoms with Crippen molar-refractivity contribution in [2.75, 3.05) is 18.0 Å². The number of carbonyl (C=O) groups excluding carboxylic acids is 1. The molecule has 1 aliphatic rings. The molecule has 1 atom stereocenters. The van der Waals surface area contributed by atoms with Crippen LogP contribution in [0.4, 0.5) is 5.82 Å². The van der Waals surface area contributed by atoms with Crippen molar-refractivity contribution in [2.45, 2.75) is 25.9 Å². The molecule has 2 rings (SSSR count). The minimum Gasteiger partial charge on any atom is -0.353 e. The number of carbonyl (C=O) groups is 1. The number of nitrogens with two attached hydrogens (primary N) is 1. The molecule has 1 saturated heterocycles. The highest BCUT2D eigenvalue weighted by Crippen LogP contribution is 2.16. The number of anilines is 1. The summed E-state index contributed by atoms with van der Waals surface area (Å²) in [7, 11) is 0. The molecule has 0 radical (unpaired) electrons. The summed E-state index contributed by atoms with van der Waals surface area (Å²) in [5.74, 6) is 0.858. The molecule has 0 bridgehead atoms. The molecule has 3 N–H and O–H groups in total. The minimum absolute atomic E-state index is 0.0152. The molecule has 6 nitrogen and oxygen atoms in total. The van der Waals surface area contributed by atoms with Gasteiger partial charge in [0, 0.05) is 32.6 Å². The van der Waals surface area contributed by atoms with E-state index in [1.54, 1.807) is 19.3 Å². The SMILES string of the molecule is CC(=O)NC1CCN(c2cnc(CN)cn2)C1. The number of nitrogens with one attached hydrogen (secondary N) is 1. The fourth-order valence-corrected chi connectivity index (χ4v) is 1.99. The zero-order valence-corrected chi connectivity index (χ0v) is 9.89. The molecule has 1 amide bonds. The van der Waals surface area contributed by atoms with Crippen molar-refractivity contribution in [3.05, 3.63) is 18.1 Å². The largest absolute Gasteiger partial charge is 0.353 e. The van der Waals surface area contributed by atoms with Gasteiger partial charge in [0.25, 0.3) is 0 Å². The van der Waals surface area contributed by atoms with Gasteiger partial charge >= 0.3 is 0 Å². The summed E-state index contributed by atoms with van der Waals surface area (Å²) < 4.78 is 0. The summed E-state index contributed by atoms with van der Waals surface area (Å²) in [6.45, 7) is 3.62. The standard InChI is InChI=1S/C11H17N5O/c1-8(17)15-9-2-3-16(7-9)11-6-13-10(4-12)5-14-11/h5-6,9H,2-4,7,12H2,1H3,(H,15,17). The Hall–Kier alpha value is -1.69. The number of hydrogen-bond acceptors (Lipinski definition) is 5. The lowest BCUT2D eigenvalue weighted by atomic mass is 10.3. The van der Waals surface area contributed by atoms with Crippen LogP contribution in [0.1, 0.15) is 19.0 Å². The molecule has 17 heavy (non-hydrogen) atoms. The monoisotopic (exact) mass is 235 g/mol. The van der Waals surface area contributed by atoms with Crippen LogP contribution >= 0.6 is 0 Å². The third kappa shape index (κ3) is 2.91. The van der Waals surface area contributed by atoms with Gasteiger partial charge in [0.15, 0.2) is 0 Å². The maximum Gasteiger partial charge on any atom is 0.217 e. The topological polar surface area (TPSA) is 84.1 Å². The van der Waals surface area contributed by atoms with Gasteiger partial charge in [-0.05, 0) is 6.42 Å². The highest BCUT2D eigenvalue weighted by molar-refractivity contribution is 5.73. The molecule has 0 aliphatic carbocycles. The van der Waals surface area contributed by atoms with Crippen LogP contribution in [0.5, 0.6) is 0 Å². The van der Waals surface area contributed by atoms with Crippen molar-refractivity contribution in [3.8, 4) is 0 Å². The number of aromatic nitrogens is 2. The van der Waals surface area contributed by atoms with E-state index in [0.717, 1.165) is 31.0 Å². The van der Waals surface area contributed by atoms with Crippen molar-refractivity contribution in [1.29, 1.82) is 0 Å². The van der Waals surface area contributed by atoms with Gasteiger partial charge in [0.2, 0.25) is 5.91 Å². The van der Waals surface area contributed by atoms with Gasteiger partial charge in [0.05, 0.1) is 18.1 Å². The second-order valence-corrected chi connectivity index (χ2v) is 4.20. The zero-order chi connectivity index (χ0) is 12.3. The maximum atomic E-state index is 11.0. The fraction of sp³-hybridized carbons (Fsp3) is 0.545. The molecule has 2 heterocycles. The van der Waals surface area contributed by atoms with Gasteiger partial charge in [-0.25, -0.2) is 4.98 Å². The second kappa shape index (κ2) is 5.09. The average molecular weight is 235 g/mol. The Labute approximate surface area is 100 Å². The Morgan fingerprint density at radius 3 is 3.00 bits per heavy atom. The van der Waals surface area contributed by atoms with Crippen LogP contribution < -0.4 is 16.0 Å². The van der Waals surface area contributed by atoms with Crippen LogP contribution in [0.25, 0.3) is 0 Å². The van der Waals surface area contributed by atoms with E-state index < -0.39 is 0 Å². The first-order chi connectivity index (χ1) is 8.19. The predicted molar refractivity (Wildman–Crippen MR) is 64.4 cm³/mol. The summed E-state index contributed by atoms with van der Waals surface area (Å²) in [5, 5.41) is 2.92. The summed E-state index contributed by atoms with van der Waals surface area (Å²) in [5.41, 5.74) is 6.25. The van der Waals surface area contributed by atoms with Crippen LogP contribution in [-0.4, -0.2) is 35.0 Å². The minimum atomic E-state index is 0.0152. The van der Waals surface area contributed by atoms with Crippen molar-refractivity contribution >= 4 is 11.7 Å². The first kappa shape index (κ1) is 11.8. The van der Waals surface area contributed by atoms with Crippen molar-refractivity contribution in [1.82, 2.24) is 15.3 Å². The molecule has 1 aliphatic heterocycles. The van der Waals surface area contributed by atoms with Crippen molar-refractivity contribution < 1.29 is 4.79 Å². The predicted octanol–water partition coefficient (Wildman–Crippen LogP) is -0.350. The van der Waals surface area contributed by atoms with Crippen LogP contribution in [0.15, 0.2) is 12.4 Å². The quantitative estimate of drug-likeness (QED) is 0.748. The lowest BCUT2D eigenvalue weighted by molar-refractivity contribution is -0.119. The highest BCUT2D eigenvalue weighted by Gasteiger charge is 2.23. The normalized spacial score (nSPS) is 19.4. The molecule has 6 heteroatoms. The molecule has 1 aromatic heterocycles. The molecule has 1 aromatic rings. The van der Waals surface area contributed by atoms with Gasteiger partial charge in [-0.15, -0.1) is 0 Å². The summed E-state index contributed by atoms with van der Waals surface area (Å²) in [4.78, 5) is 21.6. The van der Waals surface area contributed by atoms with Gasteiger partial charge in [-0.2, -0.15) is 0 Å². The number of nitrogens with zero attached hydrogens (tertiary/aromatic N) is 3. The summed E-state index contributed by atoms with van der Waals surface area (Å²) in [6.07, 6.45) is 4.37. The van der Waals surface area contributed by atoms with Gasteiger partial charge in [-0.1, -0.05) is 0 Å². The van der Waals surface area contributed by atoms with Gasteiger partial charge < -0.3 is 16.0 Å². The second-order valence-electron chi connectivity index (χ2n) is 4.20. The van der Waals surface area contributed by atoms with Gasteiger partial charge in [0.1, 0.15) is 5.82 Å². The fourth-order valence-electron chi connectivity index (χ4n) is 1.99. The van der Waals surface area contributed by atoms with Crippen LogP contribution in [-0.2, 0) is 11.3 Å². The van der Waals surface area contributed by atoms with Crippen LogP contribution in [0.3, 0.4) is 0 Å². The van der Waals surface area contributed by atoms with E-state index in [2.05, 4.69) is 20.2 Å². The highest BCUT2D eigenvalue weighted by atomic mass is 16.1. The molecule has 92 valence electrons. The third-order valence-electron chi connectivity index (χ3n) is 2.82. The lowest BCUT2D eigenvalue weighted by Crippen LogP contribution is -2.35. The van der Waals surface area contributed by atoms with Crippen molar-refractivity contribution in [2.24, 2.45) is 5.73 Å². The van der Waals surface area contributed by atoms with Crippen LogP contribution in [0, 0.1) is 0 Å². The number of rotatable bonds is 3. The first-order valence-corrected chi connectivity index (χ1v) is 5.72. The number of amides is 1. The Bertz CT molecular complexity index is 391. The van der Waals surface area contributed by atoms with E-state index >= 15 is 0 Å². The molecule has 1 fully saturated rings. The van der Waals surface area contributed by atoms with E-state index in [1.165, 1.54) is 0 Å². The van der Waals surface area contributed by atoms with E-state index in [-0.39, 0.29) is 11.9 Å².